The van der Waals surface area contributed by atoms with Crippen LogP contribution in [0.2, 0.25) is 0 Å². The maximum Gasteiger partial charge on any atom is 0.161 e. The molecule has 0 heterocycles. The summed E-state index contributed by atoms with van der Waals surface area (Å²) in [4.78, 5) is 0. The van der Waals surface area contributed by atoms with Gasteiger partial charge in [-0.05, 0) is 46.9 Å². The summed E-state index contributed by atoms with van der Waals surface area (Å²) in [5.74, 6) is 1.39. The lowest BCUT2D eigenvalue weighted by atomic mass is 9.92. The third-order valence-corrected chi connectivity index (χ3v) is 3.33. The van der Waals surface area contributed by atoms with Gasteiger partial charge in [0, 0.05) is 0 Å². The topological polar surface area (TPSA) is 18.5 Å². The van der Waals surface area contributed by atoms with Crippen LogP contribution in [0.4, 0.5) is 4.39 Å². The predicted octanol–water partition coefficient (Wildman–Crippen LogP) is 4.63. The Morgan fingerprint density at radius 3 is 2.20 bits per heavy atom. The molecule has 0 saturated heterocycles. The molecule has 0 N–H and O–H groups in total. The molecular formula is C17H19FO2. The number of hydrogen-bond acceptors (Lipinski definition) is 2. The molecule has 20 heavy (non-hydrogen) atoms. The molecule has 2 aromatic carbocycles. The number of ether oxygens (including phenoxy) is 2. The zero-order valence-corrected chi connectivity index (χ0v) is 12.2. The Hall–Kier alpha value is -2.03. The zero-order chi connectivity index (χ0) is 14.7. The van der Waals surface area contributed by atoms with E-state index in [1.165, 1.54) is 6.07 Å². The largest absolute Gasteiger partial charge is 0.493 e. The van der Waals surface area contributed by atoms with Crippen molar-refractivity contribution in [1.82, 2.24) is 0 Å². The molecule has 2 rings (SSSR count). The first-order chi connectivity index (χ1) is 9.56. The highest BCUT2D eigenvalue weighted by Gasteiger charge is 2.12. The van der Waals surface area contributed by atoms with Crippen molar-refractivity contribution in [2.45, 2.75) is 19.8 Å². The zero-order valence-electron chi connectivity index (χ0n) is 12.2. The first-order valence-electron chi connectivity index (χ1n) is 6.58. The van der Waals surface area contributed by atoms with Gasteiger partial charge in [-0.2, -0.15) is 0 Å². The lowest BCUT2D eigenvalue weighted by Gasteiger charge is -2.15. The van der Waals surface area contributed by atoms with Crippen molar-refractivity contribution in [3.05, 3.63) is 47.8 Å². The van der Waals surface area contributed by atoms with Gasteiger partial charge in [-0.3, -0.25) is 0 Å². The first-order valence-corrected chi connectivity index (χ1v) is 6.58. The van der Waals surface area contributed by atoms with Crippen molar-refractivity contribution < 1.29 is 13.9 Å². The Morgan fingerprint density at radius 2 is 1.60 bits per heavy atom. The molecule has 0 amide bonds. The molecule has 106 valence electrons. The van der Waals surface area contributed by atoms with Crippen LogP contribution in [0.5, 0.6) is 11.5 Å². The van der Waals surface area contributed by atoms with Gasteiger partial charge in [-0.1, -0.05) is 26.0 Å². The highest BCUT2D eigenvalue weighted by molar-refractivity contribution is 5.71. The van der Waals surface area contributed by atoms with Crippen molar-refractivity contribution in [1.29, 1.82) is 0 Å². The Labute approximate surface area is 119 Å². The van der Waals surface area contributed by atoms with E-state index < -0.39 is 0 Å². The van der Waals surface area contributed by atoms with Crippen molar-refractivity contribution in [3.8, 4) is 22.6 Å². The van der Waals surface area contributed by atoms with E-state index in [2.05, 4.69) is 13.8 Å². The van der Waals surface area contributed by atoms with Crippen LogP contribution >= 0.6 is 0 Å². The minimum absolute atomic E-state index is 0.237. The fourth-order valence-corrected chi connectivity index (χ4v) is 2.29. The molecule has 0 radical (unpaired) electrons. The van der Waals surface area contributed by atoms with Crippen molar-refractivity contribution >= 4 is 0 Å². The molecule has 0 bridgehead atoms. The van der Waals surface area contributed by atoms with E-state index in [1.807, 2.05) is 24.3 Å². The van der Waals surface area contributed by atoms with Gasteiger partial charge in [0.05, 0.1) is 14.2 Å². The third-order valence-electron chi connectivity index (χ3n) is 3.33. The van der Waals surface area contributed by atoms with Gasteiger partial charge in [-0.15, -0.1) is 0 Å². The molecule has 0 fully saturated rings. The first kappa shape index (κ1) is 14.4. The summed E-state index contributed by atoms with van der Waals surface area (Å²) in [6, 6.07) is 10.5. The van der Waals surface area contributed by atoms with E-state index in [4.69, 9.17) is 9.47 Å². The fraction of sp³-hybridized carbons (Fsp3) is 0.294. The third kappa shape index (κ3) is 2.77. The van der Waals surface area contributed by atoms with E-state index in [0.29, 0.717) is 17.4 Å². The summed E-state index contributed by atoms with van der Waals surface area (Å²) in [7, 11) is 3.19. The summed E-state index contributed by atoms with van der Waals surface area (Å²) in [6.07, 6.45) is 0. The van der Waals surface area contributed by atoms with Gasteiger partial charge in [-0.25, -0.2) is 4.39 Å². The summed E-state index contributed by atoms with van der Waals surface area (Å²) in [5, 5.41) is 0. The molecular weight excluding hydrogens is 255 g/mol. The summed E-state index contributed by atoms with van der Waals surface area (Å²) >= 11 is 0. The minimum atomic E-state index is -0.237. The van der Waals surface area contributed by atoms with Crippen molar-refractivity contribution in [2.24, 2.45) is 0 Å². The molecule has 0 spiro atoms. The Bertz CT molecular complexity index is 606. The highest BCUT2D eigenvalue weighted by atomic mass is 19.1. The molecule has 3 heteroatoms. The summed E-state index contributed by atoms with van der Waals surface area (Å²) in [5.41, 5.74) is 2.92. The van der Waals surface area contributed by atoms with E-state index in [1.54, 1.807) is 20.3 Å². The van der Waals surface area contributed by atoms with Crippen LogP contribution in [0.3, 0.4) is 0 Å². The number of benzene rings is 2. The standard InChI is InChI=1S/C17H19FO2/c1-11(2)14-7-6-13(18)10-15(14)12-5-8-16(19-3)17(9-12)20-4/h5-11H,1-4H3. The molecule has 0 unspecified atom stereocenters. The van der Waals surface area contributed by atoms with Crippen molar-refractivity contribution in [3.63, 3.8) is 0 Å². The lowest BCUT2D eigenvalue weighted by molar-refractivity contribution is 0.355. The quantitative estimate of drug-likeness (QED) is 0.809. The Balaban J connectivity index is 2.58. The molecule has 2 nitrogen and oxygen atoms in total. The predicted molar refractivity (Wildman–Crippen MR) is 79.0 cm³/mol. The number of methoxy groups -OCH3 is 2. The van der Waals surface area contributed by atoms with Gasteiger partial charge in [0.15, 0.2) is 11.5 Å². The second-order valence-corrected chi connectivity index (χ2v) is 4.96. The Kier molecular flexibility index (Phi) is 4.28. The maximum atomic E-state index is 13.6. The average Bonchev–Trinajstić information content (AvgIpc) is 2.46. The van der Waals surface area contributed by atoms with E-state index >= 15 is 0 Å². The number of rotatable bonds is 4. The minimum Gasteiger partial charge on any atom is -0.493 e. The van der Waals surface area contributed by atoms with E-state index in [9.17, 15) is 4.39 Å². The molecule has 0 atom stereocenters. The molecule has 0 aliphatic rings. The van der Waals surface area contributed by atoms with Gasteiger partial charge < -0.3 is 9.47 Å². The van der Waals surface area contributed by atoms with Gasteiger partial charge in [0.1, 0.15) is 5.82 Å². The fourth-order valence-electron chi connectivity index (χ4n) is 2.29. The van der Waals surface area contributed by atoms with Gasteiger partial charge in [0.25, 0.3) is 0 Å². The van der Waals surface area contributed by atoms with Crippen LogP contribution in [-0.2, 0) is 0 Å². The van der Waals surface area contributed by atoms with E-state index in [-0.39, 0.29) is 5.82 Å². The van der Waals surface area contributed by atoms with Crippen LogP contribution in [-0.4, -0.2) is 14.2 Å². The second kappa shape index (κ2) is 5.95. The molecule has 0 aliphatic carbocycles. The van der Waals surface area contributed by atoms with Crippen LogP contribution in [0, 0.1) is 5.82 Å². The molecule has 2 aromatic rings. The van der Waals surface area contributed by atoms with Crippen LogP contribution in [0.15, 0.2) is 36.4 Å². The summed E-state index contributed by atoms with van der Waals surface area (Å²) in [6.45, 7) is 4.19. The Morgan fingerprint density at radius 1 is 0.900 bits per heavy atom. The SMILES string of the molecule is COc1ccc(-c2cc(F)ccc2C(C)C)cc1OC. The maximum absolute atomic E-state index is 13.6. The lowest BCUT2D eigenvalue weighted by Crippen LogP contribution is -1.95. The monoisotopic (exact) mass is 274 g/mol. The van der Waals surface area contributed by atoms with E-state index in [0.717, 1.165) is 16.7 Å². The van der Waals surface area contributed by atoms with Crippen molar-refractivity contribution in [2.75, 3.05) is 14.2 Å². The van der Waals surface area contributed by atoms with Crippen LogP contribution in [0.1, 0.15) is 25.3 Å². The molecule has 0 aliphatic heterocycles. The average molecular weight is 274 g/mol. The summed E-state index contributed by atoms with van der Waals surface area (Å²) < 4.78 is 24.1. The van der Waals surface area contributed by atoms with Crippen LogP contribution < -0.4 is 9.47 Å². The number of hydrogen-bond donors (Lipinski definition) is 0. The second-order valence-electron chi connectivity index (χ2n) is 4.96. The van der Waals surface area contributed by atoms with Gasteiger partial charge >= 0.3 is 0 Å². The molecule has 0 aromatic heterocycles. The van der Waals surface area contributed by atoms with Gasteiger partial charge in [0.2, 0.25) is 0 Å². The normalized spacial score (nSPS) is 10.7. The molecule has 0 saturated carbocycles. The smallest absolute Gasteiger partial charge is 0.161 e. The number of halogens is 1. The van der Waals surface area contributed by atoms with Crippen LogP contribution in [0.25, 0.3) is 11.1 Å². The highest BCUT2D eigenvalue weighted by Crippen LogP contribution is 2.35.